The molecule has 3 heteroatoms. The number of carbonyl (C=O) groups excluding carboxylic acids is 1. The van der Waals surface area contributed by atoms with Gasteiger partial charge in [-0.05, 0) is 37.0 Å². The van der Waals surface area contributed by atoms with Crippen LogP contribution in [0.2, 0.25) is 0 Å². The lowest BCUT2D eigenvalue weighted by Gasteiger charge is -2.30. The minimum atomic E-state index is 0.0957. The highest BCUT2D eigenvalue weighted by Gasteiger charge is 2.20. The number of nitrogens with zero attached hydrogens (tertiary/aromatic N) is 1. The van der Waals surface area contributed by atoms with Gasteiger partial charge in [0.05, 0.1) is 6.04 Å². The van der Waals surface area contributed by atoms with Gasteiger partial charge in [-0.2, -0.15) is 0 Å². The highest BCUT2D eigenvalue weighted by atomic mass is 16.2. The van der Waals surface area contributed by atoms with E-state index in [1.54, 1.807) is 0 Å². The van der Waals surface area contributed by atoms with Crippen LogP contribution in [0.15, 0.2) is 54.6 Å². The largest absolute Gasteiger partial charge is 0.399 e. The molecule has 0 fully saturated rings. The summed E-state index contributed by atoms with van der Waals surface area (Å²) in [5.74, 6) is 0.197. The SMILES string of the molecule is CCCCN(C(=O)CCc1ccccc1N)C(C)c1ccccc1. The second kappa shape index (κ2) is 9.11. The summed E-state index contributed by atoms with van der Waals surface area (Å²) in [6.45, 7) is 5.07. The molecule has 0 saturated heterocycles. The van der Waals surface area contributed by atoms with Crippen molar-refractivity contribution in [2.75, 3.05) is 12.3 Å². The van der Waals surface area contributed by atoms with Gasteiger partial charge in [0.2, 0.25) is 5.91 Å². The third-order valence-electron chi connectivity index (χ3n) is 4.49. The van der Waals surface area contributed by atoms with E-state index in [1.807, 2.05) is 47.4 Å². The van der Waals surface area contributed by atoms with Crippen LogP contribution in [0.4, 0.5) is 5.69 Å². The zero-order chi connectivity index (χ0) is 17.4. The predicted molar refractivity (Wildman–Crippen MR) is 101 cm³/mol. The maximum absolute atomic E-state index is 12.8. The Balaban J connectivity index is 2.06. The van der Waals surface area contributed by atoms with Crippen LogP contribution >= 0.6 is 0 Å². The fourth-order valence-electron chi connectivity index (χ4n) is 2.92. The van der Waals surface area contributed by atoms with Gasteiger partial charge in [-0.1, -0.05) is 61.9 Å². The van der Waals surface area contributed by atoms with Crippen molar-refractivity contribution < 1.29 is 4.79 Å². The van der Waals surface area contributed by atoms with Gasteiger partial charge >= 0.3 is 0 Å². The molecule has 2 rings (SSSR count). The lowest BCUT2D eigenvalue weighted by molar-refractivity contribution is -0.133. The third kappa shape index (κ3) is 4.85. The molecule has 2 aromatic rings. The Kier molecular flexibility index (Phi) is 6.86. The summed E-state index contributed by atoms with van der Waals surface area (Å²) >= 11 is 0. The summed E-state index contributed by atoms with van der Waals surface area (Å²) in [7, 11) is 0. The Hall–Kier alpha value is -2.29. The molecular formula is C21H28N2O. The number of carbonyl (C=O) groups is 1. The number of benzene rings is 2. The molecule has 0 spiro atoms. The molecule has 1 atom stereocenters. The first-order valence-corrected chi connectivity index (χ1v) is 8.81. The van der Waals surface area contributed by atoms with Crippen molar-refractivity contribution in [1.29, 1.82) is 0 Å². The number of hydrogen-bond donors (Lipinski definition) is 1. The Morgan fingerprint density at radius 2 is 1.75 bits per heavy atom. The number of aryl methyl sites for hydroxylation is 1. The van der Waals surface area contributed by atoms with E-state index in [4.69, 9.17) is 5.73 Å². The lowest BCUT2D eigenvalue weighted by Crippen LogP contribution is -2.34. The van der Waals surface area contributed by atoms with E-state index < -0.39 is 0 Å². The fraction of sp³-hybridized carbons (Fsp3) is 0.381. The molecule has 2 aromatic carbocycles. The zero-order valence-electron chi connectivity index (χ0n) is 14.7. The molecule has 0 heterocycles. The molecule has 128 valence electrons. The molecule has 1 unspecified atom stereocenters. The van der Waals surface area contributed by atoms with Gasteiger partial charge in [0, 0.05) is 18.7 Å². The first-order chi connectivity index (χ1) is 11.6. The lowest BCUT2D eigenvalue weighted by atomic mass is 10.0. The quantitative estimate of drug-likeness (QED) is 0.722. The van der Waals surface area contributed by atoms with E-state index in [1.165, 1.54) is 5.56 Å². The number of nitrogens with two attached hydrogens (primary N) is 1. The van der Waals surface area contributed by atoms with Crippen molar-refractivity contribution >= 4 is 11.6 Å². The van der Waals surface area contributed by atoms with Gasteiger partial charge < -0.3 is 10.6 Å². The first-order valence-electron chi connectivity index (χ1n) is 8.81. The second-order valence-corrected chi connectivity index (χ2v) is 6.23. The summed E-state index contributed by atoms with van der Waals surface area (Å²) < 4.78 is 0. The van der Waals surface area contributed by atoms with Gasteiger partial charge in [-0.3, -0.25) is 4.79 Å². The van der Waals surface area contributed by atoms with Crippen LogP contribution in [-0.4, -0.2) is 17.4 Å². The maximum atomic E-state index is 12.8. The number of para-hydroxylation sites is 1. The summed E-state index contributed by atoms with van der Waals surface area (Å²) in [6.07, 6.45) is 3.29. The molecule has 0 aliphatic carbocycles. The number of hydrogen-bond acceptors (Lipinski definition) is 2. The molecule has 24 heavy (non-hydrogen) atoms. The van der Waals surface area contributed by atoms with Crippen LogP contribution in [0, 0.1) is 0 Å². The van der Waals surface area contributed by atoms with Crippen LogP contribution in [-0.2, 0) is 11.2 Å². The molecule has 2 N–H and O–H groups in total. The van der Waals surface area contributed by atoms with E-state index in [2.05, 4.69) is 26.0 Å². The van der Waals surface area contributed by atoms with Crippen molar-refractivity contribution in [3.63, 3.8) is 0 Å². The van der Waals surface area contributed by atoms with E-state index in [0.717, 1.165) is 30.6 Å². The Morgan fingerprint density at radius 3 is 2.42 bits per heavy atom. The topological polar surface area (TPSA) is 46.3 Å². The summed E-state index contributed by atoms with van der Waals surface area (Å²) in [6, 6.07) is 18.1. The Labute approximate surface area is 145 Å². The Bertz CT molecular complexity index is 639. The molecule has 1 amide bonds. The predicted octanol–water partition coefficient (Wildman–Crippen LogP) is 4.59. The molecule has 0 aliphatic rings. The highest BCUT2D eigenvalue weighted by molar-refractivity contribution is 5.77. The fourth-order valence-corrected chi connectivity index (χ4v) is 2.92. The van der Waals surface area contributed by atoms with E-state index >= 15 is 0 Å². The monoisotopic (exact) mass is 324 g/mol. The number of unbranched alkanes of at least 4 members (excludes halogenated alkanes) is 1. The van der Waals surface area contributed by atoms with Crippen molar-refractivity contribution in [2.24, 2.45) is 0 Å². The minimum Gasteiger partial charge on any atom is -0.399 e. The van der Waals surface area contributed by atoms with Crippen LogP contribution in [0.3, 0.4) is 0 Å². The van der Waals surface area contributed by atoms with Crippen LogP contribution in [0.1, 0.15) is 50.3 Å². The molecule has 0 saturated carbocycles. The maximum Gasteiger partial charge on any atom is 0.223 e. The van der Waals surface area contributed by atoms with E-state index in [9.17, 15) is 4.79 Å². The molecule has 0 aromatic heterocycles. The first kappa shape index (κ1) is 18.1. The zero-order valence-corrected chi connectivity index (χ0v) is 14.7. The second-order valence-electron chi connectivity index (χ2n) is 6.23. The van der Waals surface area contributed by atoms with Crippen LogP contribution < -0.4 is 5.73 Å². The third-order valence-corrected chi connectivity index (χ3v) is 4.49. The van der Waals surface area contributed by atoms with Gasteiger partial charge in [0.1, 0.15) is 0 Å². The van der Waals surface area contributed by atoms with Gasteiger partial charge in [-0.25, -0.2) is 0 Å². The van der Waals surface area contributed by atoms with Gasteiger partial charge in [-0.15, -0.1) is 0 Å². The highest BCUT2D eigenvalue weighted by Crippen LogP contribution is 2.22. The summed E-state index contributed by atoms with van der Waals surface area (Å²) in [5, 5.41) is 0. The van der Waals surface area contributed by atoms with E-state index in [-0.39, 0.29) is 11.9 Å². The average Bonchev–Trinajstić information content (AvgIpc) is 2.62. The molecule has 0 bridgehead atoms. The van der Waals surface area contributed by atoms with Gasteiger partial charge in [0.25, 0.3) is 0 Å². The van der Waals surface area contributed by atoms with Crippen molar-refractivity contribution in [2.45, 2.75) is 45.6 Å². The summed E-state index contributed by atoms with van der Waals surface area (Å²) in [5.41, 5.74) is 8.99. The molecule has 0 radical (unpaired) electrons. The van der Waals surface area contributed by atoms with Crippen LogP contribution in [0.25, 0.3) is 0 Å². The molecule has 3 nitrogen and oxygen atoms in total. The number of amides is 1. The van der Waals surface area contributed by atoms with Crippen molar-refractivity contribution in [1.82, 2.24) is 4.90 Å². The smallest absolute Gasteiger partial charge is 0.223 e. The van der Waals surface area contributed by atoms with E-state index in [0.29, 0.717) is 12.8 Å². The minimum absolute atomic E-state index is 0.0957. The van der Waals surface area contributed by atoms with Crippen LogP contribution in [0.5, 0.6) is 0 Å². The van der Waals surface area contributed by atoms with Crippen molar-refractivity contribution in [3.8, 4) is 0 Å². The standard InChI is InChI=1S/C21H28N2O/c1-3-4-16-23(17(2)18-10-6-5-7-11-18)21(24)15-14-19-12-8-9-13-20(19)22/h5-13,17H,3-4,14-16,22H2,1-2H3. The van der Waals surface area contributed by atoms with Crippen molar-refractivity contribution in [3.05, 3.63) is 65.7 Å². The Morgan fingerprint density at radius 1 is 1.08 bits per heavy atom. The van der Waals surface area contributed by atoms with Gasteiger partial charge in [0.15, 0.2) is 0 Å². The number of nitrogen functional groups attached to an aromatic ring is 1. The summed E-state index contributed by atoms with van der Waals surface area (Å²) in [4.78, 5) is 14.8. The molecule has 0 aliphatic heterocycles. The average molecular weight is 324 g/mol. The normalized spacial score (nSPS) is 11.9. The number of anilines is 1. The number of rotatable bonds is 8. The molecular weight excluding hydrogens is 296 g/mol.